The van der Waals surface area contributed by atoms with E-state index in [9.17, 15) is 13.6 Å². The summed E-state index contributed by atoms with van der Waals surface area (Å²) in [6, 6.07) is 9.88. The third kappa shape index (κ3) is 3.20. The normalized spacial score (nSPS) is 23.4. The molecule has 0 N–H and O–H groups in total. The molecule has 4 nitrogen and oxygen atoms in total. The minimum Gasteiger partial charge on any atom is -0.496 e. The number of hydrogen-bond acceptors (Lipinski definition) is 4. The van der Waals surface area contributed by atoms with Gasteiger partial charge in [0, 0.05) is 28.8 Å². The van der Waals surface area contributed by atoms with Gasteiger partial charge in [0.2, 0.25) is 0 Å². The van der Waals surface area contributed by atoms with Gasteiger partial charge in [0.05, 0.1) is 7.11 Å². The van der Waals surface area contributed by atoms with Crippen molar-refractivity contribution in [1.29, 1.82) is 0 Å². The number of fused-ring (bicyclic) bond motifs is 1. The van der Waals surface area contributed by atoms with Crippen LogP contribution in [0.4, 0.5) is 8.78 Å². The summed E-state index contributed by atoms with van der Waals surface area (Å²) in [5.41, 5.74) is 1.22. The highest BCUT2D eigenvalue weighted by Crippen LogP contribution is 2.65. The Morgan fingerprint density at radius 1 is 1.14 bits per heavy atom. The van der Waals surface area contributed by atoms with Crippen molar-refractivity contribution in [2.75, 3.05) is 7.11 Å². The molecule has 2 aliphatic rings. The summed E-state index contributed by atoms with van der Waals surface area (Å²) in [6.45, 7) is 3.99. The summed E-state index contributed by atoms with van der Waals surface area (Å²) in [4.78, 5) is 13.0. The maximum absolute atomic E-state index is 13.3. The molecule has 0 radical (unpaired) electrons. The Hall–Kier alpha value is -2.34. The van der Waals surface area contributed by atoms with Gasteiger partial charge in [-0.15, -0.1) is 8.78 Å². The maximum atomic E-state index is 13.3. The lowest BCUT2D eigenvalue weighted by Gasteiger charge is -2.09. The predicted molar refractivity (Wildman–Crippen MR) is 99.4 cm³/mol. The average Bonchev–Trinajstić information content (AvgIpc) is 3.03. The van der Waals surface area contributed by atoms with Crippen LogP contribution in [0.5, 0.6) is 17.2 Å². The van der Waals surface area contributed by atoms with Crippen molar-refractivity contribution >= 4 is 17.4 Å². The number of carbonyl (C=O) groups excluding carboxylic acids is 1. The zero-order chi connectivity index (χ0) is 20.3. The first-order valence-electron chi connectivity index (χ1n) is 8.87. The molecule has 1 aliphatic carbocycles. The van der Waals surface area contributed by atoms with Gasteiger partial charge in [-0.25, -0.2) is 0 Å². The van der Waals surface area contributed by atoms with Crippen LogP contribution in [-0.2, 0) is 11.2 Å². The van der Waals surface area contributed by atoms with E-state index in [1.165, 1.54) is 12.1 Å². The van der Waals surface area contributed by atoms with Gasteiger partial charge in [-0.1, -0.05) is 31.5 Å². The number of ketones is 1. The van der Waals surface area contributed by atoms with E-state index in [-0.39, 0.29) is 41.0 Å². The third-order valence-electron chi connectivity index (χ3n) is 5.57. The Bertz CT molecular complexity index is 957. The van der Waals surface area contributed by atoms with Crippen LogP contribution >= 0.6 is 11.6 Å². The molecule has 2 aromatic carbocycles. The van der Waals surface area contributed by atoms with Crippen molar-refractivity contribution in [1.82, 2.24) is 0 Å². The number of rotatable bonds is 5. The van der Waals surface area contributed by atoms with Crippen LogP contribution in [0.25, 0.3) is 0 Å². The summed E-state index contributed by atoms with van der Waals surface area (Å²) in [5.74, 6) is 0.327. The quantitative estimate of drug-likeness (QED) is 0.680. The van der Waals surface area contributed by atoms with Crippen LogP contribution in [0.2, 0.25) is 5.02 Å². The molecule has 0 spiro atoms. The number of ether oxygens (including phenoxy) is 3. The van der Waals surface area contributed by atoms with Crippen molar-refractivity contribution < 1.29 is 27.8 Å². The average molecular weight is 409 g/mol. The Balaban J connectivity index is 1.56. The van der Waals surface area contributed by atoms with Gasteiger partial charge in [0.15, 0.2) is 11.5 Å². The monoisotopic (exact) mass is 408 g/mol. The number of alkyl halides is 2. The van der Waals surface area contributed by atoms with Crippen LogP contribution in [0.3, 0.4) is 0 Å². The Labute approximate surface area is 166 Å². The van der Waals surface area contributed by atoms with Crippen LogP contribution in [0, 0.1) is 11.3 Å². The molecule has 28 heavy (non-hydrogen) atoms. The van der Waals surface area contributed by atoms with Gasteiger partial charge >= 0.3 is 6.29 Å². The van der Waals surface area contributed by atoms with Crippen molar-refractivity contribution in [2.45, 2.75) is 32.5 Å². The summed E-state index contributed by atoms with van der Waals surface area (Å²) in [5, 5.41) is 0.534. The first-order valence-corrected chi connectivity index (χ1v) is 9.25. The van der Waals surface area contributed by atoms with Crippen molar-refractivity contribution in [3.63, 3.8) is 0 Å². The van der Waals surface area contributed by atoms with Crippen LogP contribution in [0.15, 0.2) is 36.4 Å². The van der Waals surface area contributed by atoms with Crippen molar-refractivity contribution in [3.8, 4) is 17.2 Å². The highest BCUT2D eigenvalue weighted by atomic mass is 35.5. The Morgan fingerprint density at radius 2 is 1.86 bits per heavy atom. The fourth-order valence-electron chi connectivity index (χ4n) is 4.20. The van der Waals surface area contributed by atoms with Gasteiger partial charge < -0.3 is 14.2 Å². The summed E-state index contributed by atoms with van der Waals surface area (Å²) < 4.78 is 40.8. The first-order chi connectivity index (χ1) is 13.1. The second kappa shape index (κ2) is 6.34. The third-order valence-corrected chi connectivity index (χ3v) is 5.80. The lowest BCUT2D eigenvalue weighted by molar-refractivity contribution is -0.286. The molecule has 0 bridgehead atoms. The fraction of sp³-hybridized carbons (Fsp3) is 0.381. The smallest absolute Gasteiger partial charge is 0.496 e. The SMILES string of the molecule is COc1ccc(Cl)cc1CC(=O)[C@@H]1[C@@H](c2ccc3c(c2)OC(F)(F)O3)C1(C)C. The molecular formula is C21H19ClF2O4. The van der Waals surface area contributed by atoms with E-state index in [1.54, 1.807) is 31.4 Å². The lowest BCUT2D eigenvalue weighted by Crippen LogP contribution is -2.25. The summed E-state index contributed by atoms with van der Waals surface area (Å²) in [6.07, 6.45) is -3.46. The fourth-order valence-corrected chi connectivity index (χ4v) is 4.40. The lowest BCUT2D eigenvalue weighted by atomic mass is 10.0. The molecule has 1 saturated carbocycles. The molecule has 2 aromatic rings. The van der Waals surface area contributed by atoms with E-state index in [4.69, 9.17) is 16.3 Å². The molecule has 148 valence electrons. The minimum atomic E-state index is -3.65. The molecule has 1 heterocycles. The number of methoxy groups -OCH3 is 1. The molecule has 1 aliphatic heterocycles. The number of hydrogen-bond donors (Lipinski definition) is 0. The number of Topliss-reactive ketones (excluding diaryl/α,β-unsaturated/α-hetero) is 1. The Kier molecular flexibility index (Phi) is 4.30. The molecule has 4 rings (SSSR count). The Morgan fingerprint density at radius 3 is 2.57 bits per heavy atom. The zero-order valence-corrected chi connectivity index (χ0v) is 16.3. The van der Waals surface area contributed by atoms with Gasteiger partial charge in [0.25, 0.3) is 0 Å². The van der Waals surface area contributed by atoms with Gasteiger partial charge in [-0.3, -0.25) is 4.79 Å². The minimum absolute atomic E-state index is 0.00116. The highest BCUT2D eigenvalue weighted by Gasteiger charge is 2.61. The molecule has 1 fully saturated rings. The summed E-state index contributed by atoms with van der Waals surface area (Å²) in [7, 11) is 1.55. The topological polar surface area (TPSA) is 44.8 Å². The van der Waals surface area contributed by atoms with Crippen molar-refractivity contribution in [3.05, 3.63) is 52.5 Å². The molecule has 7 heteroatoms. The summed E-state index contributed by atoms with van der Waals surface area (Å²) >= 11 is 6.06. The van der Waals surface area contributed by atoms with Gasteiger partial charge in [0.1, 0.15) is 11.5 Å². The van der Waals surface area contributed by atoms with E-state index in [2.05, 4.69) is 9.47 Å². The second-order valence-electron chi connectivity index (χ2n) is 7.75. The molecule has 0 amide bonds. The van der Waals surface area contributed by atoms with E-state index < -0.39 is 6.29 Å². The number of benzene rings is 2. The van der Waals surface area contributed by atoms with Gasteiger partial charge in [-0.2, -0.15) is 0 Å². The molecule has 0 saturated heterocycles. The highest BCUT2D eigenvalue weighted by molar-refractivity contribution is 6.30. The zero-order valence-electron chi connectivity index (χ0n) is 15.6. The predicted octanol–water partition coefficient (Wildman–Crippen LogP) is 5.22. The van der Waals surface area contributed by atoms with Crippen LogP contribution < -0.4 is 14.2 Å². The van der Waals surface area contributed by atoms with E-state index in [0.29, 0.717) is 10.8 Å². The second-order valence-corrected chi connectivity index (χ2v) is 8.19. The standard InChI is InChI=1S/C21H19ClF2O4/c1-20(2)18(11-4-6-16-17(10-11)28-21(23,24)27-16)19(20)14(25)9-12-8-13(22)5-7-15(12)26-3/h4-8,10,18-19H,9H2,1-3H3/t18-,19-/m1/s1. The largest absolute Gasteiger partial charge is 0.586 e. The number of carbonyl (C=O) groups is 1. The maximum Gasteiger partial charge on any atom is 0.586 e. The molecule has 0 aromatic heterocycles. The molecule has 2 atom stereocenters. The molecular weight excluding hydrogens is 390 g/mol. The first kappa shape index (κ1) is 19.0. The molecule has 0 unspecified atom stereocenters. The van der Waals surface area contributed by atoms with Crippen LogP contribution in [0.1, 0.15) is 30.9 Å². The number of halogens is 3. The van der Waals surface area contributed by atoms with E-state index in [0.717, 1.165) is 11.1 Å². The van der Waals surface area contributed by atoms with E-state index in [1.807, 2.05) is 13.8 Å². The van der Waals surface area contributed by atoms with Crippen molar-refractivity contribution in [2.24, 2.45) is 11.3 Å². The van der Waals surface area contributed by atoms with Gasteiger partial charge in [-0.05, 0) is 41.3 Å². The van der Waals surface area contributed by atoms with Crippen LogP contribution in [-0.4, -0.2) is 19.2 Å². The van der Waals surface area contributed by atoms with E-state index >= 15 is 0 Å².